The number of carbonyl (C=O) groups excluding carboxylic acids is 5. The minimum atomic E-state index is -0.773. The lowest BCUT2D eigenvalue weighted by atomic mass is 10.2. The van der Waals surface area contributed by atoms with Gasteiger partial charge in [0.2, 0.25) is 13.6 Å². The third kappa shape index (κ3) is 122. The third-order valence-electron chi connectivity index (χ3n) is 14.7. The Morgan fingerprint density at radius 3 is 0.769 bits per heavy atom. The maximum absolute atomic E-state index is 11.6. The molecular weight excluding hydrogens is 1870 g/mol. The number of carbonyl (C=O) groups is 5. The van der Waals surface area contributed by atoms with Gasteiger partial charge in [-0.25, -0.2) is 62.3 Å². The van der Waals surface area contributed by atoms with Gasteiger partial charge in [0.05, 0.1) is 31.6 Å². The van der Waals surface area contributed by atoms with Gasteiger partial charge < -0.3 is 53.5 Å². The van der Waals surface area contributed by atoms with Crippen LogP contribution in [-0.2, 0) is 120 Å². The monoisotopic (exact) mass is 2130 g/mol. The van der Waals surface area contributed by atoms with Crippen LogP contribution in [0.2, 0.25) is 0 Å². The lowest BCUT2D eigenvalue weighted by Crippen LogP contribution is -2.31. The van der Waals surface area contributed by atoms with E-state index in [9.17, 15) is 24.0 Å². The van der Waals surface area contributed by atoms with Gasteiger partial charge in [0.15, 0.2) is 74.4 Å². The Kier molecular flexibility index (Phi) is 281. The van der Waals surface area contributed by atoms with Crippen molar-refractivity contribution in [2.75, 3.05) is 40.0 Å². The number of nitrogens with one attached hydrogen (secondary N) is 2. The van der Waals surface area contributed by atoms with Gasteiger partial charge in [-0.3, -0.25) is 30.2 Å². The molecule has 6 aromatic rings. The molecule has 30 nitrogen and oxygen atoms in total. The number of esters is 5. The Balaban J connectivity index is -0.0000000256. The highest BCUT2D eigenvalue weighted by Crippen LogP contribution is 2.14. The van der Waals surface area contributed by atoms with Gasteiger partial charge in [-0.15, -0.1) is 0 Å². The van der Waals surface area contributed by atoms with Crippen molar-refractivity contribution in [1.29, 1.82) is 10.8 Å². The summed E-state index contributed by atoms with van der Waals surface area (Å²) in [4.78, 5) is 74.2. The Hall–Kier alpha value is -10.9. The highest BCUT2D eigenvalue weighted by molar-refractivity contribution is 5.89. The minimum Gasteiger partial charge on any atom is -0.490 e. The van der Waals surface area contributed by atoms with E-state index in [1.165, 1.54) is 6.92 Å². The standard InChI is InChI=1S/C17H23NO6.C13H16NO4.C13H19NO3.C12H19N2O2.C12H16NO3.C12H17NO3.2CH3N.36CH4/c1-4-18-9-7-14(8-10-18)11-22-16(19)5-6-17(20)23-12-15(24-21)13(2)3;1-4-14-7-5-11(6-8-14)13(16)18-9-17-12(15)10(2)3;1-4-14-7-5-12(6-8-14)9-16-10-13(17-15)11(2)3;1-4-14-7-5-11(6-8-14)15-9-12(16-13)10(2)3;1-4-13-7-5-11(6-8-13)15-9-16-12(14)10(2)3;1-4-13-7-5-11(6-8-13)15-9-12(16-14)10(2)3;2*1-2;;;;;;;;;;;;;;;;;;;;;;;;;;;;;;;;;;;;/h7-10,15H,2,4-6,11-12H2,1,3H3;5-8H,2,4,9H2,1,3H3;5-8,13H,2,4,9-10H2,1,3H3;5-8,12H,2,4,9,13H2,1,3H3;5-8H,2,4,9H2,1,3H3;5-8,12H,2,4,9H2,1,3H3;2*2H,1H2;36*1H4/q;+1;;2*+1;;;;;;;;;;;;;;;;;;;;;;;;;;;;;;;;;;;;;;;/p+3. The quantitative estimate of drug-likeness (QED) is 0.00240. The van der Waals surface area contributed by atoms with E-state index >= 15 is 0 Å². The highest BCUT2D eigenvalue weighted by Gasteiger charge is 2.18. The van der Waals surface area contributed by atoms with Gasteiger partial charge in [-0.2, -0.15) is 0 Å². The number of aryl methyl sites for hydroxylation is 6. The first kappa shape index (κ1) is 258. The Morgan fingerprint density at radius 1 is 0.293 bits per heavy atom. The molecule has 0 bridgehead atoms. The second-order valence-electron chi connectivity index (χ2n) is 23.6. The van der Waals surface area contributed by atoms with Gasteiger partial charge >= 0.3 is 29.8 Å². The smallest absolute Gasteiger partial charge is 0.341 e. The lowest BCUT2D eigenvalue weighted by molar-refractivity contribution is -0.693. The number of rotatable bonds is 39. The molecule has 0 amide bonds. The summed E-state index contributed by atoms with van der Waals surface area (Å²) < 4.78 is 58.0. The van der Waals surface area contributed by atoms with Crippen LogP contribution in [0.1, 0.15) is 385 Å². The minimum absolute atomic E-state index is 0. The topological polar surface area (TPSA) is 363 Å². The molecule has 147 heavy (non-hydrogen) atoms. The summed E-state index contributed by atoms with van der Waals surface area (Å²) in [6, 6.07) is 22.3. The molecule has 0 aliphatic carbocycles. The summed E-state index contributed by atoms with van der Waals surface area (Å²) in [5.74, 6) is 4.74. The summed E-state index contributed by atoms with van der Waals surface area (Å²) >= 11 is 0. The van der Waals surface area contributed by atoms with Crippen LogP contribution in [-0.4, -0.2) is 123 Å². The van der Waals surface area contributed by atoms with Crippen LogP contribution in [0.5, 0.6) is 17.2 Å². The van der Waals surface area contributed by atoms with Gasteiger partial charge in [-0.1, -0.05) is 307 Å². The summed E-state index contributed by atoms with van der Waals surface area (Å²) in [6.07, 6.45) is 20.8. The molecule has 0 saturated carbocycles. The molecule has 0 aromatic carbocycles. The van der Waals surface area contributed by atoms with Crippen LogP contribution in [0, 0.1) is 10.8 Å². The number of pyridine rings is 6. The summed E-state index contributed by atoms with van der Waals surface area (Å²) in [7, 11) is 0. The fraction of sp³-hybridized carbons (Fsp3) is 0.581. The molecule has 0 fully saturated rings. The largest absolute Gasteiger partial charge is 0.490 e. The van der Waals surface area contributed by atoms with Crippen molar-refractivity contribution >= 4 is 43.3 Å². The molecule has 4 unspecified atom stereocenters. The predicted molar refractivity (Wildman–Crippen MR) is 655 cm³/mol. The van der Waals surface area contributed by atoms with Crippen molar-refractivity contribution in [3.8, 4) is 17.2 Å². The number of hydrogen-bond acceptors (Lipinski definition) is 24. The lowest BCUT2D eigenvalue weighted by Gasteiger charge is -2.14. The maximum Gasteiger partial charge on any atom is 0.341 e. The Labute approximate surface area is 918 Å². The average molecular weight is 2130 g/mol. The highest BCUT2D eigenvalue weighted by atomic mass is 17.1. The molecular formula is C117H263N9O21+6. The second kappa shape index (κ2) is 160. The van der Waals surface area contributed by atoms with Gasteiger partial charge in [0, 0.05) is 89.5 Å². The molecule has 6 heterocycles. The molecule has 896 valence electrons. The van der Waals surface area contributed by atoms with Gasteiger partial charge in [0.25, 0.3) is 0 Å². The van der Waals surface area contributed by atoms with Crippen LogP contribution < -0.4 is 47.5 Å². The third-order valence-corrected chi connectivity index (χ3v) is 14.7. The predicted octanol–water partition coefficient (Wildman–Crippen LogP) is 32.9. The van der Waals surface area contributed by atoms with Crippen molar-refractivity contribution in [2.45, 2.75) is 440 Å². The number of nitrogens with two attached hydrogens (primary N) is 1. The number of nitrogens with zero attached hydrogens (tertiary/aromatic N) is 6. The maximum atomic E-state index is 11.6. The van der Waals surface area contributed by atoms with E-state index in [0.29, 0.717) is 42.3 Å². The first-order valence-corrected chi connectivity index (χ1v) is 35.2. The molecule has 0 spiro atoms. The van der Waals surface area contributed by atoms with E-state index in [1.807, 2.05) is 162 Å². The summed E-state index contributed by atoms with van der Waals surface area (Å²) in [6.45, 7) is 55.5. The van der Waals surface area contributed by atoms with E-state index in [0.717, 1.165) is 78.6 Å². The van der Waals surface area contributed by atoms with Crippen molar-refractivity contribution in [3.63, 3.8) is 0 Å². The zero-order chi connectivity index (χ0) is 84.1. The second-order valence-corrected chi connectivity index (χ2v) is 23.6. The van der Waals surface area contributed by atoms with Crippen LogP contribution in [0.25, 0.3) is 0 Å². The number of ether oxygens (including phenoxy) is 9. The SMILES string of the molecule is C.C.C.C.C.C.C.C.C.C.C.C.C.C.C.C.C.C.C.C.C.C.C.C.C.C.C.C.C.C.C.C.C.C.C.C.C=C(C)C(=O)OCOC(=O)c1cc[n+](CC)cc1.C=C(C)C(=O)OCOc1cc[n+](CC)cc1.C=C(C)C(COC(=O)CCC(=O)OCc1cc[n+](CC)cc1)OO.C=C(C)C(COCc1cc[n+](CC)cc1)OO.C=C(C)C(COc1cc[n+](CC)cc1)ON.C=C(C)C(COc1cc[n+](CC)cc1)OO.C=N.C=N. The molecule has 30 heteroatoms. The number of hydrogen-bond donors (Lipinski definition) is 6. The van der Waals surface area contributed by atoms with Crippen LogP contribution in [0.15, 0.2) is 220 Å². The van der Waals surface area contributed by atoms with E-state index in [1.54, 1.807) is 52.2 Å². The molecule has 0 aliphatic rings. The van der Waals surface area contributed by atoms with Crippen molar-refractivity contribution in [1.82, 2.24) is 0 Å². The van der Waals surface area contributed by atoms with E-state index in [2.05, 4.69) is 109 Å². The summed E-state index contributed by atoms with van der Waals surface area (Å²) in [5.41, 5.74) is 5.83. The fourth-order valence-corrected chi connectivity index (χ4v) is 7.66. The first-order chi connectivity index (χ1) is 53.1. The Bertz CT molecular complexity index is 3600. The van der Waals surface area contributed by atoms with E-state index in [-0.39, 0.29) is 318 Å². The van der Waals surface area contributed by atoms with Crippen LogP contribution >= 0.6 is 0 Å². The normalized spacial score (nSPS) is 8.27. The van der Waals surface area contributed by atoms with Gasteiger partial charge in [0.1, 0.15) is 107 Å². The van der Waals surface area contributed by atoms with Crippen LogP contribution in [0.3, 0.4) is 0 Å². The molecule has 6 rings (SSSR count). The van der Waals surface area contributed by atoms with Gasteiger partial charge in [-0.05, 0) is 124 Å². The zero-order valence-corrected chi connectivity index (χ0v) is 66.6. The molecule has 6 aromatic heterocycles. The molecule has 7 N–H and O–H groups in total. The first-order valence-electron chi connectivity index (χ1n) is 35.2. The Morgan fingerprint density at radius 2 is 0.517 bits per heavy atom. The van der Waals surface area contributed by atoms with Crippen molar-refractivity contribution < 1.29 is 129 Å². The van der Waals surface area contributed by atoms with E-state index < -0.39 is 55.0 Å². The zero-order valence-electron chi connectivity index (χ0n) is 66.6. The number of aromatic nitrogens is 6. The molecule has 0 aliphatic heterocycles. The molecule has 0 radical (unpaired) electrons. The molecule has 4 atom stereocenters. The van der Waals surface area contributed by atoms with Crippen molar-refractivity contribution in [2.24, 2.45) is 5.90 Å². The van der Waals surface area contributed by atoms with Crippen molar-refractivity contribution in [3.05, 3.63) is 237 Å². The summed E-state index contributed by atoms with van der Waals surface area (Å²) in [5, 5.41) is 36.8. The molecule has 0 saturated heterocycles. The van der Waals surface area contributed by atoms with Crippen LogP contribution in [0.4, 0.5) is 0 Å². The van der Waals surface area contributed by atoms with E-state index in [4.69, 9.17) is 75.2 Å². The fourth-order valence-electron chi connectivity index (χ4n) is 7.66. The average Bonchev–Trinajstić information content (AvgIpc) is 0.883.